The summed E-state index contributed by atoms with van der Waals surface area (Å²) in [6, 6.07) is 3.38. The lowest BCUT2D eigenvalue weighted by Gasteiger charge is -2.39. The van der Waals surface area contributed by atoms with Gasteiger partial charge >= 0.3 is 0 Å². The van der Waals surface area contributed by atoms with Crippen molar-refractivity contribution in [2.24, 2.45) is 23.7 Å². The molecule has 2 aliphatic rings. The van der Waals surface area contributed by atoms with E-state index in [1.807, 2.05) is 6.92 Å². The molecule has 0 radical (unpaired) electrons. The van der Waals surface area contributed by atoms with E-state index in [1.54, 1.807) is 12.1 Å². The fourth-order valence-electron chi connectivity index (χ4n) is 6.21. The van der Waals surface area contributed by atoms with E-state index in [1.165, 1.54) is 51.4 Å². The minimum absolute atomic E-state index is 0.0516. The van der Waals surface area contributed by atoms with E-state index in [0.29, 0.717) is 12.2 Å². The van der Waals surface area contributed by atoms with Gasteiger partial charge in [0.1, 0.15) is 0 Å². The van der Waals surface area contributed by atoms with Crippen molar-refractivity contribution in [3.05, 3.63) is 29.3 Å². The molecule has 0 bridgehead atoms. The van der Waals surface area contributed by atoms with Crippen molar-refractivity contribution in [1.82, 2.24) is 0 Å². The monoisotopic (exact) mass is 434 g/mol. The molecule has 0 saturated heterocycles. The van der Waals surface area contributed by atoms with Crippen LogP contribution in [-0.4, -0.2) is 6.61 Å². The highest BCUT2D eigenvalue weighted by atomic mass is 19.2. The second-order valence-corrected chi connectivity index (χ2v) is 10.4. The minimum atomic E-state index is -0.808. The highest BCUT2D eigenvalue weighted by molar-refractivity contribution is 5.33. The maximum Gasteiger partial charge on any atom is 0.200 e. The van der Waals surface area contributed by atoms with Gasteiger partial charge in [0.2, 0.25) is 5.82 Å². The van der Waals surface area contributed by atoms with Gasteiger partial charge in [0.25, 0.3) is 0 Å². The molecule has 0 amide bonds. The first-order valence-corrected chi connectivity index (χ1v) is 13.2. The zero-order valence-corrected chi connectivity index (χ0v) is 20.1. The normalized spacial score (nSPS) is 27.8. The Morgan fingerprint density at radius 1 is 0.839 bits per heavy atom. The Morgan fingerprint density at radius 2 is 1.48 bits per heavy atom. The van der Waals surface area contributed by atoms with E-state index in [0.717, 1.165) is 55.8 Å². The molecule has 1 atom stereocenters. The molecule has 1 unspecified atom stereocenters. The quantitative estimate of drug-likeness (QED) is 0.334. The molecule has 0 N–H and O–H groups in total. The molecule has 31 heavy (non-hydrogen) atoms. The third-order valence-electron chi connectivity index (χ3n) is 8.34. The number of halogens is 2. The smallest absolute Gasteiger partial charge is 0.200 e. The molecule has 2 saturated carbocycles. The van der Waals surface area contributed by atoms with Crippen LogP contribution in [0.3, 0.4) is 0 Å². The highest BCUT2D eigenvalue weighted by Crippen LogP contribution is 2.45. The van der Waals surface area contributed by atoms with Gasteiger partial charge in [-0.1, -0.05) is 65.4 Å². The zero-order chi connectivity index (χ0) is 22.2. The number of ether oxygens (including phenoxy) is 1. The standard InChI is InChI=1S/C28H44F2O/c1-4-6-7-8-21-9-11-22(12-10-21)20(3)23-13-15-24(16-14-23)25-17-18-26(31-19-5-2)28(30)27(25)29/h17-18,20-24H,4-16,19H2,1-3H3/t20?,21?,22?,23-,24-. The van der Waals surface area contributed by atoms with Gasteiger partial charge in [0, 0.05) is 0 Å². The van der Waals surface area contributed by atoms with Crippen molar-refractivity contribution in [1.29, 1.82) is 0 Å². The fraction of sp³-hybridized carbons (Fsp3) is 0.786. The number of hydrogen-bond donors (Lipinski definition) is 0. The SMILES string of the molecule is CCCCCC1CCC(C(C)[C@H]2CC[C@H](c3ccc(OCCC)c(F)c3F)CC2)CC1. The van der Waals surface area contributed by atoms with E-state index in [4.69, 9.17) is 4.74 Å². The minimum Gasteiger partial charge on any atom is -0.490 e. The maximum atomic E-state index is 14.7. The van der Waals surface area contributed by atoms with Gasteiger partial charge in [0.05, 0.1) is 6.61 Å². The largest absolute Gasteiger partial charge is 0.490 e. The molecule has 2 fully saturated rings. The first-order valence-electron chi connectivity index (χ1n) is 13.2. The fourth-order valence-corrected chi connectivity index (χ4v) is 6.21. The molecule has 3 heteroatoms. The van der Waals surface area contributed by atoms with Gasteiger partial charge < -0.3 is 4.74 Å². The van der Waals surface area contributed by atoms with Crippen LogP contribution in [0.15, 0.2) is 12.1 Å². The molecule has 2 aliphatic carbocycles. The van der Waals surface area contributed by atoms with Crippen LogP contribution in [0.25, 0.3) is 0 Å². The molecule has 0 heterocycles. The second-order valence-electron chi connectivity index (χ2n) is 10.4. The summed E-state index contributed by atoms with van der Waals surface area (Å²) in [4.78, 5) is 0. The Kier molecular flexibility index (Phi) is 9.66. The van der Waals surface area contributed by atoms with Gasteiger partial charge in [-0.3, -0.25) is 0 Å². The van der Waals surface area contributed by atoms with Crippen molar-refractivity contribution in [3.63, 3.8) is 0 Å². The summed E-state index contributed by atoms with van der Waals surface area (Å²) in [5.41, 5.74) is 0.556. The number of hydrogen-bond acceptors (Lipinski definition) is 1. The van der Waals surface area contributed by atoms with Crippen LogP contribution in [0.1, 0.15) is 116 Å². The molecular formula is C28H44F2O. The second kappa shape index (κ2) is 12.2. The Balaban J connectivity index is 1.48. The van der Waals surface area contributed by atoms with E-state index >= 15 is 0 Å². The molecule has 1 nitrogen and oxygen atoms in total. The van der Waals surface area contributed by atoms with Crippen LogP contribution in [-0.2, 0) is 0 Å². The zero-order valence-electron chi connectivity index (χ0n) is 20.1. The van der Waals surface area contributed by atoms with Crippen molar-refractivity contribution >= 4 is 0 Å². The lowest BCUT2D eigenvalue weighted by atomic mass is 9.66. The molecule has 176 valence electrons. The van der Waals surface area contributed by atoms with Gasteiger partial charge in [-0.15, -0.1) is 0 Å². The first kappa shape index (κ1) is 24.5. The third kappa shape index (κ3) is 6.45. The summed E-state index contributed by atoms with van der Waals surface area (Å²) in [5.74, 6) is 2.05. The lowest BCUT2D eigenvalue weighted by molar-refractivity contribution is 0.131. The van der Waals surface area contributed by atoms with Gasteiger partial charge in [-0.2, -0.15) is 4.39 Å². The van der Waals surface area contributed by atoms with Crippen LogP contribution in [0.4, 0.5) is 8.78 Å². The third-order valence-corrected chi connectivity index (χ3v) is 8.34. The molecule has 3 rings (SSSR count). The Labute approximate surface area is 189 Å². The molecule has 1 aromatic rings. The summed E-state index contributed by atoms with van der Waals surface area (Å²) in [6.45, 7) is 7.13. The molecule has 0 spiro atoms. The van der Waals surface area contributed by atoms with Gasteiger partial charge in [-0.25, -0.2) is 4.39 Å². The molecule has 0 aromatic heterocycles. The highest BCUT2D eigenvalue weighted by Gasteiger charge is 2.33. The van der Waals surface area contributed by atoms with Crippen LogP contribution in [0.5, 0.6) is 5.75 Å². The van der Waals surface area contributed by atoms with Crippen LogP contribution in [0, 0.1) is 35.3 Å². The maximum absolute atomic E-state index is 14.7. The summed E-state index contributed by atoms with van der Waals surface area (Å²) in [7, 11) is 0. The topological polar surface area (TPSA) is 9.23 Å². The predicted octanol–water partition coefficient (Wildman–Crippen LogP) is 9.05. The summed E-state index contributed by atoms with van der Waals surface area (Å²) in [6.07, 6.45) is 16.2. The number of unbranched alkanes of at least 4 members (excludes halogenated alkanes) is 2. The number of rotatable bonds is 10. The Hall–Kier alpha value is -1.12. The Bertz CT molecular complexity index is 657. The van der Waals surface area contributed by atoms with E-state index in [9.17, 15) is 8.78 Å². The molecule has 1 aromatic carbocycles. The summed E-state index contributed by atoms with van der Waals surface area (Å²) < 4.78 is 34.5. The average Bonchev–Trinajstić information content (AvgIpc) is 2.80. The lowest BCUT2D eigenvalue weighted by Crippen LogP contribution is -2.28. The first-order chi connectivity index (χ1) is 15.0. The van der Waals surface area contributed by atoms with Crippen LogP contribution >= 0.6 is 0 Å². The van der Waals surface area contributed by atoms with Crippen molar-refractivity contribution in [2.75, 3.05) is 6.61 Å². The molecule has 0 aliphatic heterocycles. The summed E-state index contributed by atoms with van der Waals surface area (Å²) in [5, 5.41) is 0. The molecular weight excluding hydrogens is 390 g/mol. The van der Waals surface area contributed by atoms with Crippen LogP contribution in [0.2, 0.25) is 0 Å². The Morgan fingerprint density at radius 3 is 2.10 bits per heavy atom. The van der Waals surface area contributed by atoms with Crippen molar-refractivity contribution in [3.8, 4) is 5.75 Å². The van der Waals surface area contributed by atoms with E-state index in [2.05, 4.69) is 13.8 Å². The number of benzene rings is 1. The van der Waals surface area contributed by atoms with Crippen LogP contribution < -0.4 is 4.74 Å². The van der Waals surface area contributed by atoms with Gasteiger partial charge in [-0.05, 0) is 86.2 Å². The average molecular weight is 435 g/mol. The van der Waals surface area contributed by atoms with Crippen molar-refractivity contribution in [2.45, 2.75) is 110 Å². The predicted molar refractivity (Wildman–Crippen MR) is 126 cm³/mol. The van der Waals surface area contributed by atoms with E-state index < -0.39 is 11.6 Å². The van der Waals surface area contributed by atoms with E-state index in [-0.39, 0.29) is 11.7 Å². The van der Waals surface area contributed by atoms with Crippen molar-refractivity contribution < 1.29 is 13.5 Å². The van der Waals surface area contributed by atoms with Gasteiger partial charge in [0.15, 0.2) is 11.6 Å². The summed E-state index contributed by atoms with van der Waals surface area (Å²) >= 11 is 0.